The van der Waals surface area contributed by atoms with Crippen LogP contribution in [-0.4, -0.2) is 75.6 Å². The molecule has 0 aromatic rings. The van der Waals surface area contributed by atoms with E-state index in [-0.39, 0.29) is 0 Å². The molecule has 0 spiro atoms. The van der Waals surface area contributed by atoms with Gasteiger partial charge in [0.25, 0.3) is 6.10 Å². The number of aliphatic hydroxyl groups is 3. The van der Waals surface area contributed by atoms with Crippen molar-refractivity contribution >= 4 is 5.97 Å². The van der Waals surface area contributed by atoms with Crippen molar-refractivity contribution in [1.82, 2.24) is 0 Å². The fourth-order valence-electron chi connectivity index (χ4n) is 1.64. The number of carbonyl (C=O) groups is 1. The molecule has 22 heavy (non-hydrogen) atoms. The Balaban J connectivity index is 3.01. The lowest BCUT2D eigenvalue weighted by Crippen LogP contribution is -2.62. The van der Waals surface area contributed by atoms with Crippen LogP contribution in [0.25, 0.3) is 0 Å². The van der Waals surface area contributed by atoms with E-state index in [2.05, 4.69) is 9.47 Å². The first kappa shape index (κ1) is 18.9. The summed E-state index contributed by atoms with van der Waals surface area (Å²) < 4.78 is 81.7. The van der Waals surface area contributed by atoms with Gasteiger partial charge in [-0.1, -0.05) is 0 Å². The normalized spacial score (nSPS) is 34.0. The molecule has 130 valence electrons. The van der Waals surface area contributed by atoms with Gasteiger partial charge in [-0.05, 0) is 0 Å². The van der Waals surface area contributed by atoms with E-state index in [1.165, 1.54) is 0 Å². The zero-order chi connectivity index (χ0) is 17.5. The maximum Gasteiger partial charge on any atom is 0.423 e. The average Bonchev–Trinajstić information content (AvgIpc) is 2.31. The highest BCUT2D eigenvalue weighted by Gasteiger charge is 2.61. The number of aliphatic carboxylic acids is 1. The lowest BCUT2D eigenvalue weighted by Gasteiger charge is -2.40. The van der Waals surface area contributed by atoms with Crippen molar-refractivity contribution in [3.63, 3.8) is 0 Å². The van der Waals surface area contributed by atoms with Gasteiger partial charge in [0.15, 0.2) is 12.4 Å². The molecule has 0 bridgehead atoms. The van der Waals surface area contributed by atoms with Gasteiger partial charge in [-0.25, -0.2) is 4.79 Å². The molecule has 1 heterocycles. The molecular formula is C9H10F6O7. The topological polar surface area (TPSA) is 116 Å². The molecule has 0 aromatic heterocycles. The van der Waals surface area contributed by atoms with E-state index in [9.17, 15) is 46.5 Å². The summed E-state index contributed by atoms with van der Waals surface area (Å²) in [4.78, 5) is 10.7. The van der Waals surface area contributed by atoms with Gasteiger partial charge in [0.05, 0.1) is 0 Å². The van der Waals surface area contributed by atoms with Gasteiger partial charge < -0.3 is 29.9 Å². The zero-order valence-electron chi connectivity index (χ0n) is 10.2. The minimum Gasteiger partial charge on any atom is -0.479 e. The molecular weight excluding hydrogens is 334 g/mol. The van der Waals surface area contributed by atoms with Gasteiger partial charge in [-0.2, -0.15) is 26.3 Å². The molecule has 0 radical (unpaired) electrons. The molecule has 4 N–H and O–H groups in total. The van der Waals surface area contributed by atoms with Crippen LogP contribution in [-0.2, 0) is 14.3 Å². The van der Waals surface area contributed by atoms with Crippen LogP contribution in [0.4, 0.5) is 26.3 Å². The maximum atomic E-state index is 12.3. The Kier molecular flexibility index (Phi) is 5.29. The number of hydrogen-bond acceptors (Lipinski definition) is 6. The molecule has 0 aliphatic carbocycles. The summed E-state index contributed by atoms with van der Waals surface area (Å²) in [6.45, 7) is 0. The molecule has 13 heteroatoms. The molecule has 0 amide bonds. The van der Waals surface area contributed by atoms with Crippen LogP contribution < -0.4 is 0 Å². The smallest absolute Gasteiger partial charge is 0.423 e. The van der Waals surface area contributed by atoms with Crippen LogP contribution in [0, 0.1) is 0 Å². The van der Waals surface area contributed by atoms with E-state index < -0.39 is 55.1 Å². The first-order chi connectivity index (χ1) is 9.76. The van der Waals surface area contributed by atoms with Gasteiger partial charge in [0.1, 0.15) is 18.3 Å². The minimum absolute atomic E-state index is 1.98. The van der Waals surface area contributed by atoms with Crippen LogP contribution in [0.15, 0.2) is 0 Å². The van der Waals surface area contributed by atoms with E-state index in [0.29, 0.717) is 0 Å². The molecule has 0 saturated carbocycles. The highest BCUT2D eigenvalue weighted by molar-refractivity contribution is 5.73. The van der Waals surface area contributed by atoms with Gasteiger partial charge in [-0.3, -0.25) is 0 Å². The second kappa shape index (κ2) is 6.16. The Morgan fingerprint density at radius 3 is 1.77 bits per heavy atom. The number of carboxylic acid groups (broad SMARTS) is 1. The van der Waals surface area contributed by atoms with Crippen LogP contribution in [0.1, 0.15) is 0 Å². The van der Waals surface area contributed by atoms with Gasteiger partial charge in [0.2, 0.25) is 0 Å². The number of hydrogen-bond donors (Lipinski definition) is 4. The van der Waals surface area contributed by atoms with Crippen LogP contribution in [0.5, 0.6) is 0 Å². The van der Waals surface area contributed by atoms with Gasteiger partial charge in [0, 0.05) is 0 Å². The molecule has 1 aliphatic rings. The second-order valence-electron chi connectivity index (χ2n) is 4.33. The maximum absolute atomic E-state index is 12.3. The first-order valence-corrected chi connectivity index (χ1v) is 5.48. The van der Waals surface area contributed by atoms with Crippen molar-refractivity contribution in [2.75, 3.05) is 0 Å². The van der Waals surface area contributed by atoms with E-state index in [1.54, 1.807) is 0 Å². The Bertz CT molecular complexity index is 396. The fourth-order valence-corrected chi connectivity index (χ4v) is 1.64. The number of halogens is 6. The molecule has 1 rings (SSSR count). The highest BCUT2D eigenvalue weighted by Crippen LogP contribution is 2.38. The summed E-state index contributed by atoms with van der Waals surface area (Å²) in [6.07, 6.45) is -28.6. The van der Waals surface area contributed by atoms with Crippen LogP contribution in [0.3, 0.4) is 0 Å². The quantitative estimate of drug-likeness (QED) is 0.505. The van der Waals surface area contributed by atoms with E-state index in [1.807, 2.05) is 0 Å². The molecule has 0 aromatic carbocycles. The van der Waals surface area contributed by atoms with Gasteiger partial charge >= 0.3 is 18.3 Å². The molecule has 1 aliphatic heterocycles. The summed E-state index contributed by atoms with van der Waals surface area (Å²) in [5.41, 5.74) is 0. The van der Waals surface area contributed by atoms with Crippen molar-refractivity contribution in [3.8, 4) is 0 Å². The van der Waals surface area contributed by atoms with Crippen LogP contribution in [0.2, 0.25) is 0 Å². The van der Waals surface area contributed by atoms with Crippen molar-refractivity contribution < 1.29 is 61.0 Å². The summed E-state index contributed by atoms with van der Waals surface area (Å²) in [6, 6.07) is 0. The molecule has 1 saturated heterocycles. The lowest BCUT2D eigenvalue weighted by molar-refractivity contribution is -0.382. The number of alkyl halides is 6. The first-order valence-electron chi connectivity index (χ1n) is 5.48. The Labute approximate surface area is 117 Å². The standard InChI is InChI=1S/C9H10F6O7/c10-8(11,12)7(9(13,14)15)22-6-3(18)1(16)2(17)4(21-6)5(19)20/h1-4,6-7,16-18H,(H,19,20)/t1-,2-,3+,4-,6-/m0/s1. The Morgan fingerprint density at radius 2 is 1.41 bits per heavy atom. The summed E-state index contributed by atoms with van der Waals surface area (Å²) in [7, 11) is 0. The van der Waals surface area contributed by atoms with E-state index >= 15 is 0 Å². The third-order valence-electron chi connectivity index (χ3n) is 2.68. The van der Waals surface area contributed by atoms with Crippen LogP contribution >= 0.6 is 0 Å². The largest absolute Gasteiger partial charge is 0.479 e. The van der Waals surface area contributed by atoms with E-state index in [4.69, 9.17) is 5.11 Å². The molecule has 0 unspecified atom stereocenters. The number of rotatable bonds is 3. The lowest BCUT2D eigenvalue weighted by atomic mass is 9.99. The summed E-state index contributed by atoms with van der Waals surface area (Å²) >= 11 is 0. The monoisotopic (exact) mass is 344 g/mol. The fraction of sp³-hybridized carbons (Fsp3) is 0.889. The second-order valence-corrected chi connectivity index (χ2v) is 4.33. The summed E-state index contributed by atoms with van der Waals surface area (Å²) in [5.74, 6) is -1.98. The van der Waals surface area contributed by atoms with Crippen molar-refractivity contribution in [2.24, 2.45) is 0 Å². The third-order valence-corrected chi connectivity index (χ3v) is 2.68. The zero-order valence-corrected chi connectivity index (χ0v) is 10.2. The highest BCUT2D eigenvalue weighted by atomic mass is 19.4. The average molecular weight is 344 g/mol. The number of ether oxygens (including phenoxy) is 2. The molecule has 5 atom stereocenters. The van der Waals surface area contributed by atoms with Crippen molar-refractivity contribution in [1.29, 1.82) is 0 Å². The summed E-state index contributed by atoms with van der Waals surface area (Å²) in [5, 5.41) is 36.4. The van der Waals surface area contributed by atoms with Crippen molar-refractivity contribution in [3.05, 3.63) is 0 Å². The molecule has 7 nitrogen and oxygen atoms in total. The Hall–Kier alpha value is -1.15. The van der Waals surface area contributed by atoms with E-state index in [0.717, 1.165) is 0 Å². The van der Waals surface area contributed by atoms with Crippen molar-refractivity contribution in [2.45, 2.75) is 49.2 Å². The number of carboxylic acids is 1. The predicted octanol–water partition coefficient (Wildman–Crippen LogP) is -0.612. The number of aliphatic hydroxyl groups excluding tert-OH is 3. The Morgan fingerprint density at radius 1 is 0.955 bits per heavy atom. The van der Waals surface area contributed by atoms with Gasteiger partial charge in [-0.15, -0.1) is 0 Å². The molecule has 1 fully saturated rings. The minimum atomic E-state index is -5.93. The predicted molar refractivity (Wildman–Crippen MR) is 51.3 cm³/mol. The third kappa shape index (κ3) is 3.98. The SMILES string of the molecule is O=C(O)[C@H]1O[C@@H](OC(C(F)(F)F)C(F)(F)F)[C@H](O)[C@@H](O)[C@@H]1O.